The van der Waals surface area contributed by atoms with E-state index in [0.29, 0.717) is 10.1 Å². The van der Waals surface area contributed by atoms with E-state index in [1.54, 1.807) is 4.90 Å². The van der Waals surface area contributed by atoms with Crippen molar-refractivity contribution in [3.8, 4) is 5.75 Å². The van der Waals surface area contributed by atoms with E-state index in [-0.39, 0.29) is 12.0 Å². The largest absolute Gasteiger partial charge is 0.491 e. The summed E-state index contributed by atoms with van der Waals surface area (Å²) in [7, 11) is 0. The van der Waals surface area contributed by atoms with Crippen molar-refractivity contribution in [2.45, 2.75) is 20.0 Å². The summed E-state index contributed by atoms with van der Waals surface area (Å²) < 4.78 is 5.70. The van der Waals surface area contributed by atoms with Gasteiger partial charge in [0.05, 0.1) is 22.4 Å². The summed E-state index contributed by atoms with van der Waals surface area (Å²) in [6.07, 6.45) is 2.02. The molecule has 4 nitrogen and oxygen atoms in total. The fraction of sp³-hybridized carbons (Fsp3) is 0.120. The van der Waals surface area contributed by atoms with E-state index in [2.05, 4.69) is 0 Å². The number of ether oxygens (including phenoxy) is 1. The van der Waals surface area contributed by atoms with Gasteiger partial charge in [-0.3, -0.25) is 9.69 Å². The van der Waals surface area contributed by atoms with E-state index >= 15 is 0 Å². The Bertz CT molecular complexity index is 1080. The Balaban J connectivity index is 1.67. The minimum absolute atomic E-state index is 0.0802. The number of thioether (sulfide) groups is 1. The van der Waals surface area contributed by atoms with Gasteiger partial charge in [-0.25, -0.2) is 4.99 Å². The van der Waals surface area contributed by atoms with Crippen LogP contribution in [0.25, 0.3) is 6.08 Å². The Hall–Kier alpha value is -3.31. The van der Waals surface area contributed by atoms with Crippen LogP contribution in [0.5, 0.6) is 5.75 Å². The van der Waals surface area contributed by atoms with Crippen molar-refractivity contribution in [2.24, 2.45) is 4.99 Å². The second kappa shape index (κ2) is 9.01. The topological polar surface area (TPSA) is 41.9 Å². The number of para-hydroxylation sites is 2. The van der Waals surface area contributed by atoms with E-state index in [4.69, 9.17) is 9.73 Å². The maximum Gasteiger partial charge on any atom is 0.271 e. The third-order valence-electron chi connectivity index (χ3n) is 4.35. The quantitative estimate of drug-likeness (QED) is 0.461. The monoisotopic (exact) mass is 414 g/mol. The van der Waals surface area contributed by atoms with Gasteiger partial charge in [0.2, 0.25) is 0 Å². The average molecular weight is 415 g/mol. The van der Waals surface area contributed by atoms with E-state index < -0.39 is 0 Å². The molecule has 1 aliphatic rings. The fourth-order valence-corrected chi connectivity index (χ4v) is 4.03. The first-order valence-electron chi connectivity index (χ1n) is 9.80. The molecular weight excluding hydrogens is 392 g/mol. The standard InChI is InChI=1S/C25H22N2O2S/c1-18(2)29-22-15-13-19(14-16-22)17-23-24(28)27(21-11-7-4-8-12-21)25(30-23)26-20-9-5-3-6-10-20/h3-18H,1-2H3/b23-17+,26-25?. The summed E-state index contributed by atoms with van der Waals surface area (Å²) in [5.74, 6) is 0.734. The molecule has 0 spiro atoms. The predicted octanol–water partition coefficient (Wildman–Crippen LogP) is 6.28. The molecule has 0 bridgehead atoms. The van der Waals surface area contributed by atoms with Gasteiger partial charge in [-0.1, -0.05) is 48.5 Å². The number of carbonyl (C=O) groups is 1. The molecule has 0 radical (unpaired) electrons. The van der Waals surface area contributed by atoms with Gasteiger partial charge in [0.25, 0.3) is 5.91 Å². The molecule has 0 N–H and O–H groups in total. The molecule has 3 aromatic carbocycles. The highest BCUT2D eigenvalue weighted by molar-refractivity contribution is 8.19. The summed E-state index contributed by atoms with van der Waals surface area (Å²) in [4.78, 5) is 20.3. The molecule has 0 unspecified atom stereocenters. The number of rotatable bonds is 5. The normalized spacial score (nSPS) is 16.6. The summed E-state index contributed by atoms with van der Waals surface area (Å²) >= 11 is 1.38. The first kappa shape index (κ1) is 20.0. The van der Waals surface area contributed by atoms with E-state index in [1.807, 2.05) is 105 Å². The van der Waals surface area contributed by atoms with E-state index in [0.717, 1.165) is 22.7 Å². The smallest absolute Gasteiger partial charge is 0.271 e. The van der Waals surface area contributed by atoms with Crippen molar-refractivity contribution in [3.63, 3.8) is 0 Å². The third kappa shape index (κ3) is 4.63. The maximum absolute atomic E-state index is 13.3. The van der Waals surface area contributed by atoms with Crippen molar-refractivity contribution in [1.82, 2.24) is 0 Å². The van der Waals surface area contributed by atoms with Crippen molar-refractivity contribution < 1.29 is 9.53 Å². The zero-order valence-corrected chi connectivity index (χ0v) is 17.7. The second-order valence-electron chi connectivity index (χ2n) is 7.05. The number of hydrogen-bond donors (Lipinski definition) is 0. The van der Waals surface area contributed by atoms with Crippen LogP contribution in [0.4, 0.5) is 11.4 Å². The molecule has 30 heavy (non-hydrogen) atoms. The highest BCUT2D eigenvalue weighted by Gasteiger charge is 2.34. The summed E-state index contributed by atoms with van der Waals surface area (Å²) in [5, 5.41) is 0.642. The van der Waals surface area contributed by atoms with Gasteiger partial charge >= 0.3 is 0 Å². The number of aliphatic imine (C=N–C) groups is 1. The molecule has 0 saturated carbocycles. The maximum atomic E-state index is 13.3. The van der Waals surface area contributed by atoms with Crippen LogP contribution in [-0.4, -0.2) is 17.2 Å². The first-order valence-corrected chi connectivity index (χ1v) is 10.6. The minimum atomic E-state index is -0.0802. The summed E-state index contributed by atoms with van der Waals surface area (Å²) in [6.45, 7) is 3.99. The minimum Gasteiger partial charge on any atom is -0.491 e. The predicted molar refractivity (Wildman–Crippen MR) is 125 cm³/mol. The Morgan fingerprint density at radius 3 is 2.17 bits per heavy atom. The molecule has 1 heterocycles. The molecule has 5 heteroatoms. The van der Waals surface area contributed by atoms with Crippen LogP contribution in [0.1, 0.15) is 19.4 Å². The Morgan fingerprint density at radius 2 is 1.53 bits per heavy atom. The third-order valence-corrected chi connectivity index (χ3v) is 5.32. The lowest BCUT2D eigenvalue weighted by Gasteiger charge is -2.15. The number of amidine groups is 1. The summed E-state index contributed by atoms with van der Waals surface area (Å²) in [5.41, 5.74) is 2.55. The zero-order chi connectivity index (χ0) is 20.9. The molecule has 0 aliphatic carbocycles. The van der Waals surface area contributed by atoms with Crippen LogP contribution in [0.15, 0.2) is 94.8 Å². The number of carbonyl (C=O) groups excluding carboxylic acids is 1. The van der Waals surface area contributed by atoms with Gasteiger partial charge in [-0.2, -0.15) is 0 Å². The van der Waals surface area contributed by atoms with Gasteiger partial charge in [-0.05, 0) is 73.6 Å². The van der Waals surface area contributed by atoms with Crippen LogP contribution in [0.2, 0.25) is 0 Å². The van der Waals surface area contributed by atoms with Crippen LogP contribution in [0, 0.1) is 0 Å². The van der Waals surface area contributed by atoms with E-state index in [9.17, 15) is 4.79 Å². The van der Waals surface area contributed by atoms with Gasteiger partial charge < -0.3 is 4.74 Å². The van der Waals surface area contributed by atoms with Crippen molar-refractivity contribution >= 4 is 40.3 Å². The van der Waals surface area contributed by atoms with Crippen molar-refractivity contribution in [1.29, 1.82) is 0 Å². The van der Waals surface area contributed by atoms with Gasteiger partial charge in [0.1, 0.15) is 5.75 Å². The molecular formula is C25H22N2O2S. The molecule has 1 aliphatic heterocycles. The number of nitrogens with zero attached hydrogens (tertiary/aromatic N) is 2. The second-order valence-corrected chi connectivity index (χ2v) is 8.06. The molecule has 1 amide bonds. The number of hydrogen-bond acceptors (Lipinski definition) is 4. The number of anilines is 1. The van der Waals surface area contributed by atoms with Crippen molar-refractivity contribution in [3.05, 3.63) is 95.4 Å². The number of amides is 1. The highest BCUT2D eigenvalue weighted by atomic mass is 32.2. The molecule has 4 rings (SSSR count). The SMILES string of the molecule is CC(C)Oc1ccc(/C=C2/SC(=Nc3ccccc3)N(c3ccccc3)C2=O)cc1. The van der Waals surface area contributed by atoms with Gasteiger partial charge in [-0.15, -0.1) is 0 Å². The number of benzene rings is 3. The van der Waals surface area contributed by atoms with Crippen LogP contribution in [0.3, 0.4) is 0 Å². The van der Waals surface area contributed by atoms with Crippen LogP contribution in [-0.2, 0) is 4.79 Å². The van der Waals surface area contributed by atoms with Gasteiger partial charge in [0.15, 0.2) is 5.17 Å². The fourth-order valence-electron chi connectivity index (χ4n) is 3.03. The zero-order valence-electron chi connectivity index (χ0n) is 16.9. The summed E-state index contributed by atoms with van der Waals surface area (Å²) in [6, 6.07) is 27.0. The average Bonchev–Trinajstić information content (AvgIpc) is 3.05. The molecule has 0 atom stereocenters. The molecule has 3 aromatic rings. The van der Waals surface area contributed by atoms with E-state index in [1.165, 1.54) is 11.8 Å². The molecule has 1 fully saturated rings. The van der Waals surface area contributed by atoms with Crippen LogP contribution < -0.4 is 9.64 Å². The molecule has 0 aromatic heterocycles. The lowest BCUT2D eigenvalue weighted by Crippen LogP contribution is -2.28. The molecule has 1 saturated heterocycles. The van der Waals surface area contributed by atoms with Crippen LogP contribution >= 0.6 is 11.8 Å². The highest BCUT2D eigenvalue weighted by Crippen LogP contribution is 2.37. The Morgan fingerprint density at radius 1 is 0.900 bits per heavy atom. The Labute approximate surface area is 180 Å². The molecule has 150 valence electrons. The lowest BCUT2D eigenvalue weighted by atomic mass is 10.2. The first-order chi connectivity index (χ1) is 14.6. The Kier molecular flexibility index (Phi) is 6.00. The van der Waals surface area contributed by atoms with Gasteiger partial charge in [0, 0.05) is 0 Å². The lowest BCUT2D eigenvalue weighted by molar-refractivity contribution is -0.113. The van der Waals surface area contributed by atoms with Crippen molar-refractivity contribution in [2.75, 3.05) is 4.90 Å².